The predicted molar refractivity (Wildman–Crippen MR) is 69.4 cm³/mol. The van der Waals surface area contributed by atoms with Crippen LogP contribution < -0.4 is 5.32 Å². The molecule has 0 unspecified atom stereocenters. The second-order valence-corrected chi connectivity index (χ2v) is 3.93. The molecule has 0 saturated carbocycles. The molecule has 1 rings (SSSR count). The van der Waals surface area contributed by atoms with E-state index in [1.807, 2.05) is 13.0 Å². The first-order valence-corrected chi connectivity index (χ1v) is 5.86. The molecule has 3 heteroatoms. The van der Waals surface area contributed by atoms with Crippen LogP contribution in [0.4, 0.5) is 4.39 Å². The van der Waals surface area contributed by atoms with Gasteiger partial charge in [-0.1, -0.05) is 18.2 Å². The van der Waals surface area contributed by atoms with Gasteiger partial charge in [-0.25, -0.2) is 4.39 Å². The van der Waals surface area contributed by atoms with Crippen molar-refractivity contribution >= 4 is 5.57 Å². The van der Waals surface area contributed by atoms with E-state index in [-0.39, 0.29) is 5.82 Å². The van der Waals surface area contributed by atoms with E-state index in [0.29, 0.717) is 0 Å². The third-order valence-electron chi connectivity index (χ3n) is 2.53. The maximum Gasteiger partial charge on any atom is 0.123 e. The van der Waals surface area contributed by atoms with Crippen LogP contribution in [0.3, 0.4) is 0 Å². The number of allylic oxidation sites excluding steroid dienone is 1. The van der Waals surface area contributed by atoms with E-state index in [4.69, 9.17) is 4.74 Å². The molecule has 0 aliphatic carbocycles. The lowest BCUT2D eigenvalue weighted by Gasteiger charge is -2.03. The number of nitrogens with one attached hydrogen (secondary N) is 1. The van der Waals surface area contributed by atoms with Crippen molar-refractivity contribution in [2.45, 2.75) is 13.3 Å². The van der Waals surface area contributed by atoms with E-state index in [1.165, 1.54) is 6.07 Å². The fourth-order valence-electron chi connectivity index (χ4n) is 1.54. The monoisotopic (exact) mass is 237 g/mol. The van der Waals surface area contributed by atoms with Crippen molar-refractivity contribution in [2.75, 3.05) is 26.8 Å². The first-order chi connectivity index (χ1) is 8.24. The van der Waals surface area contributed by atoms with Gasteiger partial charge in [0.25, 0.3) is 0 Å². The standard InChI is InChI=1S/C14H20FNO/c1-12(5-4-8-16-9-10-17-2)13-6-3-7-14(15)11-13/h3,5-7,11,16H,4,8-10H2,1-2H3. The number of halogens is 1. The molecule has 0 fully saturated rings. The molecule has 17 heavy (non-hydrogen) atoms. The minimum atomic E-state index is -0.187. The minimum Gasteiger partial charge on any atom is -0.383 e. The van der Waals surface area contributed by atoms with Crippen LogP contribution in [0.2, 0.25) is 0 Å². The molecule has 0 atom stereocenters. The maximum absolute atomic E-state index is 13.0. The number of ether oxygens (including phenoxy) is 1. The average Bonchev–Trinajstić information content (AvgIpc) is 2.33. The third kappa shape index (κ3) is 5.61. The van der Waals surface area contributed by atoms with Gasteiger partial charge < -0.3 is 10.1 Å². The fourth-order valence-corrected chi connectivity index (χ4v) is 1.54. The summed E-state index contributed by atoms with van der Waals surface area (Å²) in [6, 6.07) is 6.68. The number of methoxy groups -OCH3 is 1. The normalized spacial score (nSPS) is 11.8. The summed E-state index contributed by atoms with van der Waals surface area (Å²) in [4.78, 5) is 0. The molecule has 94 valence electrons. The molecule has 1 N–H and O–H groups in total. The lowest BCUT2D eigenvalue weighted by atomic mass is 10.1. The van der Waals surface area contributed by atoms with Crippen molar-refractivity contribution in [3.63, 3.8) is 0 Å². The van der Waals surface area contributed by atoms with Crippen LogP contribution in [0, 0.1) is 5.82 Å². The zero-order chi connectivity index (χ0) is 12.5. The van der Waals surface area contributed by atoms with Gasteiger partial charge in [-0.15, -0.1) is 0 Å². The van der Waals surface area contributed by atoms with Crippen LogP contribution in [0.1, 0.15) is 18.9 Å². The Morgan fingerprint density at radius 3 is 2.94 bits per heavy atom. The Morgan fingerprint density at radius 1 is 1.41 bits per heavy atom. The van der Waals surface area contributed by atoms with Gasteiger partial charge in [-0.3, -0.25) is 0 Å². The van der Waals surface area contributed by atoms with E-state index in [0.717, 1.165) is 37.3 Å². The van der Waals surface area contributed by atoms with Crippen LogP contribution in [0.25, 0.3) is 5.57 Å². The largest absolute Gasteiger partial charge is 0.383 e. The molecule has 2 nitrogen and oxygen atoms in total. The van der Waals surface area contributed by atoms with E-state index in [1.54, 1.807) is 19.2 Å². The Labute approximate surface area is 102 Å². The van der Waals surface area contributed by atoms with Gasteiger partial charge in [0.1, 0.15) is 5.82 Å². The lowest BCUT2D eigenvalue weighted by Crippen LogP contribution is -2.19. The molecular formula is C14H20FNO. The summed E-state index contributed by atoms with van der Waals surface area (Å²) in [5.74, 6) is -0.187. The zero-order valence-electron chi connectivity index (χ0n) is 10.5. The van der Waals surface area contributed by atoms with Gasteiger partial charge >= 0.3 is 0 Å². The van der Waals surface area contributed by atoms with Crippen molar-refractivity contribution in [2.24, 2.45) is 0 Å². The molecular weight excluding hydrogens is 217 g/mol. The molecule has 0 spiro atoms. The van der Waals surface area contributed by atoms with Crippen LogP contribution in [0.5, 0.6) is 0 Å². The Balaban J connectivity index is 2.34. The molecule has 1 aromatic carbocycles. The van der Waals surface area contributed by atoms with Gasteiger partial charge in [0.15, 0.2) is 0 Å². The molecule has 0 saturated heterocycles. The van der Waals surface area contributed by atoms with Crippen LogP contribution in [0.15, 0.2) is 30.3 Å². The van der Waals surface area contributed by atoms with Crippen LogP contribution in [-0.4, -0.2) is 26.8 Å². The Morgan fingerprint density at radius 2 is 2.24 bits per heavy atom. The van der Waals surface area contributed by atoms with Crippen LogP contribution >= 0.6 is 0 Å². The highest BCUT2D eigenvalue weighted by Crippen LogP contribution is 2.14. The summed E-state index contributed by atoms with van der Waals surface area (Å²) in [6.45, 7) is 4.51. The molecule has 0 heterocycles. The lowest BCUT2D eigenvalue weighted by molar-refractivity contribution is 0.199. The first kappa shape index (κ1) is 13.9. The quantitative estimate of drug-likeness (QED) is 0.736. The number of benzene rings is 1. The third-order valence-corrected chi connectivity index (χ3v) is 2.53. The van der Waals surface area contributed by atoms with Crippen molar-refractivity contribution < 1.29 is 9.13 Å². The molecule has 0 aliphatic rings. The van der Waals surface area contributed by atoms with Crippen molar-refractivity contribution in [1.82, 2.24) is 5.32 Å². The summed E-state index contributed by atoms with van der Waals surface area (Å²) in [5, 5.41) is 3.26. The minimum absolute atomic E-state index is 0.187. The predicted octanol–water partition coefficient (Wildman–Crippen LogP) is 2.86. The summed E-state index contributed by atoms with van der Waals surface area (Å²) in [7, 11) is 1.69. The van der Waals surface area contributed by atoms with Gasteiger partial charge in [0, 0.05) is 13.7 Å². The molecule has 0 radical (unpaired) electrons. The summed E-state index contributed by atoms with van der Waals surface area (Å²) in [6.07, 6.45) is 3.06. The molecule has 1 aromatic rings. The molecule has 0 amide bonds. The van der Waals surface area contributed by atoms with Crippen molar-refractivity contribution in [1.29, 1.82) is 0 Å². The van der Waals surface area contributed by atoms with Gasteiger partial charge in [-0.2, -0.15) is 0 Å². The van der Waals surface area contributed by atoms with Gasteiger partial charge in [0.2, 0.25) is 0 Å². The van der Waals surface area contributed by atoms with Crippen LogP contribution in [-0.2, 0) is 4.74 Å². The van der Waals surface area contributed by atoms with E-state index < -0.39 is 0 Å². The highest BCUT2D eigenvalue weighted by molar-refractivity contribution is 5.63. The molecule has 0 aliphatic heterocycles. The Bertz CT molecular complexity index is 363. The van der Waals surface area contributed by atoms with Gasteiger partial charge in [-0.05, 0) is 43.2 Å². The fraction of sp³-hybridized carbons (Fsp3) is 0.429. The van der Waals surface area contributed by atoms with E-state index in [2.05, 4.69) is 11.4 Å². The number of rotatable bonds is 7. The topological polar surface area (TPSA) is 21.3 Å². The van der Waals surface area contributed by atoms with Gasteiger partial charge in [0.05, 0.1) is 6.61 Å². The van der Waals surface area contributed by atoms with E-state index in [9.17, 15) is 4.39 Å². The first-order valence-electron chi connectivity index (χ1n) is 5.86. The second kappa shape index (κ2) is 7.98. The molecule has 0 bridgehead atoms. The molecule has 0 aromatic heterocycles. The zero-order valence-corrected chi connectivity index (χ0v) is 10.5. The Hall–Kier alpha value is -1.19. The average molecular weight is 237 g/mol. The van der Waals surface area contributed by atoms with E-state index >= 15 is 0 Å². The summed E-state index contributed by atoms with van der Waals surface area (Å²) in [5.41, 5.74) is 2.06. The second-order valence-electron chi connectivity index (χ2n) is 3.93. The van der Waals surface area contributed by atoms with Crippen molar-refractivity contribution in [3.8, 4) is 0 Å². The highest BCUT2D eigenvalue weighted by atomic mass is 19.1. The maximum atomic E-state index is 13.0. The SMILES string of the molecule is COCCNCCC=C(C)c1cccc(F)c1. The Kier molecular flexibility index (Phi) is 6.51. The van der Waals surface area contributed by atoms with Crippen molar-refractivity contribution in [3.05, 3.63) is 41.7 Å². The highest BCUT2D eigenvalue weighted by Gasteiger charge is 1.96. The number of hydrogen-bond donors (Lipinski definition) is 1. The summed E-state index contributed by atoms with van der Waals surface area (Å²) < 4.78 is 17.9. The summed E-state index contributed by atoms with van der Waals surface area (Å²) >= 11 is 0. The number of hydrogen-bond acceptors (Lipinski definition) is 2. The smallest absolute Gasteiger partial charge is 0.123 e.